The van der Waals surface area contributed by atoms with Crippen molar-refractivity contribution in [1.29, 1.82) is 0 Å². The summed E-state index contributed by atoms with van der Waals surface area (Å²) in [5, 5.41) is 4.40. The van der Waals surface area contributed by atoms with Gasteiger partial charge in [-0.3, -0.25) is 0 Å². The molecule has 2 nitrogen and oxygen atoms in total. The summed E-state index contributed by atoms with van der Waals surface area (Å²) in [7, 11) is 0. The van der Waals surface area contributed by atoms with Gasteiger partial charge in [-0.1, -0.05) is 52.5 Å². The molecule has 0 atom stereocenters. The molecular weight excluding hydrogens is 409 g/mol. The highest BCUT2D eigenvalue weighted by Gasteiger charge is 2.15. The van der Waals surface area contributed by atoms with Gasteiger partial charge in [-0.25, -0.2) is 0 Å². The van der Waals surface area contributed by atoms with E-state index in [1.54, 1.807) is 0 Å². The first-order chi connectivity index (χ1) is 11.2. The van der Waals surface area contributed by atoms with Crippen molar-refractivity contribution in [2.45, 2.75) is 44.9 Å². The Bertz CT molecular complexity index is 642. The Balaban J connectivity index is 0.00000208. The Hall–Kier alpha value is -0.740. The minimum absolute atomic E-state index is 0. The normalized spacial score (nSPS) is 14.4. The molecule has 0 bridgehead atoms. The second kappa shape index (κ2) is 9.67. The molecule has 0 spiro atoms. The lowest BCUT2D eigenvalue weighted by molar-refractivity contribution is 0.301. The van der Waals surface area contributed by atoms with Crippen molar-refractivity contribution in [2.75, 3.05) is 0 Å². The zero-order valence-corrected chi connectivity index (χ0v) is 16.6. The second-order valence-corrected chi connectivity index (χ2v) is 7.38. The summed E-state index contributed by atoms with van der Waals surface area (Å²) in [6.45, 7) is 1.40. The number of benzene rings is 2. The number of rotatable bonds is 6. The molecule has 2 aromatic carbocycles. The fraction of sp³-hybridized carbons (Fsp3) is 0.368. The smallest absolute Gasteiger partial charge is 0.124 e. The number of hydrogen-bond donors (Lipinski definition) is 1. The third-order valence-electron chi connectivity index (χ3n) is 4.27. The Kier molecular flexibility index (Phi) is 7.89. The van der Waals surface area contributed by atoms with Crippen LogP contribution in [0.3, 0.4) is 0 Å². The molecule has 1 saturated carbocycles. The molecule has 0 saturated heterocycles. The van der Waals surface area contributed by atoms with E-state index in [9.17, 15) is 0 Å². The summed E-state index contributed by atoms with van der Waals surface area (Å²) in [4.78, 5) is 0. The highest BCUT2D eigenvalue weighted by Crippen LogP contribution is 2.25. The van der Waals surface area contributed by atoms with Gasteiger partial charge in [0.2, 0.25) is 0 Å². The van der Waals surface area contributed by atoms with E-state index in [0.29, 0.717) is 12.6 Å². The van der Waals surface area contributed by atoms with Crippen LogP contribution in [0.5, 0.6) is 5.75 Å². The quantitative estimate of drug-likeness (QED) is 0.594. The number of halogens is 3. The molecule has 1 N–H and O–H groups in total. The summed E-state index contributed by atoms with van der Waals surface area (Å²) in [6.07, 6.45) is 5.26. The van der Waals surface area contributed by atoms with Gasteiger partial charge in [0.1, 0.15) is 12.4 Å². The SMILES string of the molecule is Cl.Clc1ccc(COc2ccc(Br)cc2CNC2CCCC2)cc1. The van der Waals surface area contributed by atoms with Crippen LogP contribution in [0.4, 0.5) is 0 Å². The van der Waals surface area contributed by atoms with E-state index < -0.39 is 0 Å². The van der Waals surface area contributed by atoms with Crippen LogP contribution in [0.2, 0.25) is 5.02 Å². The molecule has 1 aliphatic rings. The van der Waals surface area contributed by atoms with Gasteiger partial charge in [-0.15, -0.1) is 12.4 Å². The first kappa shape index (κ1) is 19.6. The van der Waals surface area contributed by atoms with Crippen LogP contribution in [0.1, 0.15) is 36.8 Å². The first-order valence-corrected chi connectivity index (χ1v) is 9.27. The highest BCUT2D eigenvalue weighted by atomic mass is 79.9. The Labute approximate surface area is 163 Å². The fourth-order valence-electron chi connectivity index (χ4n) is 2.95. The third kappa shape index (κ3) is 5.66. The fourth-order valence-corrected chi connectivity index (χ4v) is 3.49. The Morgan fingerprint density at radius 1 is 1.08 bits per heavy atom. The number of nitrogens with one attached hydrogen (secondary N) is 1. The minimum atomic E-state index is 0. The van der Waals surface area contributed by atoms with Crippen LogP contribution in [0, 0.1) is 0 Å². The lowest BCUT2D eigenvalue weighted by Crippen LogP contribution is -2.25. The van der Waals surface area contributed by atoms with Crippen LogP contribution in [0.25, 0.3) is 0 Å². The average molecular weight is 431 g/mol. The molecule has 0 radical (unpaired) electrons. The van der Waals surface area contributed by atoms with Gasteiger partial charge in [0.05, 0.1) is 0 Å². The predicted molar refractivity (Wildman–Crippen MR) is 106 cm³/mol. The molecule has 1 fully saturated rings. The van der Waals surface area contributed by atoms with Crippen molar-refractivity contribution < 1.29 is 4.74 Å². The summed E-state index contributed by atoms with van der Waals surface area (Å²) >= 11 is 9.48. The van der Waals surface area contributed by atoms with E-state index in [1.807, 2.05) is 36.4 Å². The number of hydrogen-bond acceptors (Lipinski definition) is 2. The Morgan fingerprint density at radius 3 is 2.50 bits per heavy atom. The van der Waals surface area contributed by atoms with E-state index in [1.165, 1.54) is 31.2 Å². The highest BCUT2D eigenvalue weighted by molar-refractivity contribution is 9.10. The molecule has 3 rings (SSSR count). The molecule has 5 heteroatoms. The first-order valence-electron chi connectivity index (χ1n) is 8.10. The lowest BCUT2D eigenvalue weighted by Gasteiger charge is -2.16. The number of ether oxygens (including phenoxy) is 1. The summed E-state index contributed by atoms with van der Waals surface area (Å²) in [5.74, 6) is 0.939. The van der Waals surface area contributed by atoms with Gasteiger partial charge in [-0.2, -0.15) is 0 Å². The lowest BCUT2D eigenvalue weighted by atomic mass is 10.1. The van der Waals surface area contributed by atoms with E-state index in [2.05, 4.69) is 27.3 Å². The van der Waals surface area contributed by atoms with E-state index in [-0.39, 0.29) is 12.4 Å². The maximum absolute atomic E-state index is 6.03. The van der Waals surface area contributed by atoms with Gasteiger partial charge >= 0.3 is 0 Å². The summed E-state index contributed by atoms with van der Waals surface area (Å²) in [6, 6.07) is 14.6. The molecule has 0 aromatic heterocycles. The monoisotopic (exact) mass is 429 g/mol. The topological polar surface area (TPSA) is 21.3 Å². The minimum Gasteiger partial charge on any atom is -0.489 e. The predicted octanol–water partition coefficient (Wildman–Crippen LogP) is 6.14. The molecular formula is C19H22BrCl2NO. The Morgan fingerprint density at radius 2 is 1.79 bits per heavy atom. The standard InChI is InChI=1S/C19H21BrClNO.ClH/c20-16-7-10-19(23-13-14-5-8-17(21)9-6-14)15(11-16)12-22-18-3-1-2-4-18;/h5-11,18,22H,1-4,12-13H2;1H. The van der Waals surface area contributed by atoms with Crippen molar-refractivity contribution in [3.63, 3.8) is 0 Å². The molecule has 0 unspecified atom stereocenters. The summed E-state index contributed by atoms with van der Waals surface area (Å²) in [5.41, 5.74) is 2.31. The molecule has 0 amide bonds. The van der Waals surface area contributed by atoms with Crippen LogP contribution < -0.4 is 10.1 Å². The van der Waals surface area contributed by atoms with Gasteiger partial charge in [-0.05, 0) is 48.7 Å². The van der Waals surface area contributed by atoms with E-state index in [4.69, 9.17) is 16.3 Å². The maximum atomic E-state index is 6.03. The van der Waals surface area contributed by atoms with Crippen molar-refractivity contribution in [1.82, 2.24) is 5.32 Å². The van der Waals surface area contributed by atoms with Crippen molar-refractivity contribution >= 4 is 39.9 Å². The van der Waals surface area contributed by atoms with Crippen molar-refractivity contribution in [3.8, 4) is 5.75 Å². The average Bonchev–Trinajstić information content (AvgIpc) is 3.07. The van der Waals surface area contributed by atoms with Crippen LogP contribution in [-0.4, -0.2) is 6.04 Å². The second-order valence-electron chi connectivity index (χ2n) is 6.03. The van der Waals surface area contributed by atoms with Gasteiger partial charge in [0.15, 0.2) is 0 Å². The maximum Gasteiger partial charge on any atom is 0.124 e. The van der Waals surface area contributed by atoms with E-state index in [0.717, 1.165) is 27.4 Å². The largest absolute Gasteiger partial charge is 0.489 e. The van der Waals surface area contributed by atoms with Crippen LogP contribution in [0.15, 0.2) is 46.9 Å². The van der Waals surface area contributed by atoms with Crippen molar-refractivity contribution in [2.24, 2.45) is 0 Å². The van der Waals surface area contributed by atoms with E-state index >= 15 is 0 Å². The summed E-state index contributed by atoms with van der Waals surface area (Å²) < 4.78 is 7.11. The molecule has 2 aromatic rings. The molecule has 24 heavy (non-hydrogen) atoms. The zero-order chi connectivity index (χ0) is 16.1. The third-order valence-corrected chi connectivity index (χ3v) is 5.01. The molecule has 0 aliphatic heterocycles. The van der Waals surface area contributed by atoms with Gasteiger partial charge in [0.25, 0.3) is 0 Å². The molecule has 130 valence electrons. The van der Waals surface area contributed by atoms with Crippen molar-refractivity contribution in [3.05, 3.63) is 63.1 Å². The van der Waals surface area contributed by atoms with Crippen LogP contribution in [-0.2, 0) is 13.2 Å². The van der Waals surface area contributed by atoms with Gasteiger partial charge in [0, 0.05) is 27.6 Å². The molecule has 1 aliphatic carbocycles. The molecule has 0 heterocycles. The van der Waals surface area contributed by atoms with Crippen LogP contribution >= 0.6 is 39.9 Å². The zero-order valence-electron chi connectivity index (χ0n) is 13.4. The van der Waals surface area contributed by atoms with Gasteiger partial charge < -0.3 is 10.1 Å².